The first-order chi connectivity index (χ1) is 8.08. The molecule has 0 rings (SSSR count). The molecule has 1 unspecified atom stereocenters. The fourth-order valence-electron chi connectivity index (χ4n) is 0.971. The van der Waals surface area contributed by atoms with Crippen LogP contribution in [0.3, 0.4) is 0 Å². The van der Waals surface area contributed by atoms with E-state index in [4.69, 9.17) is 20.8 Å². The Bertz CT molecular complexity index is 395. The van der Waals surface area contributed by atoms with Crippen molar-refractivity contribution in [3.8, 4) is 6.07 Å². The number of hydrogen-bond donors (Lipinski definition) is 2. The summed E-state index contributed by atoms with van der Waals surface area (Å²) in [5.74, 6) is 0. The first kappa shape index (κ1) is 16.6. The minimum absolute atomic E-state index is 0.00507. The molecule has 1 atom stereocenters. The van der Waals surface area contributed by atoms with Gasteiger partial charge in [0, 0.05) is 12.8 Å². The molecule has 18 heavy (non-hydrogen) atoms. The third-order valence-corrected chi connectivity index (χ3v) is 2.80. The van der Waals surface area contributed by atoms with Crippen LogP contribution in [0.25, 0.3) is 0 Å². The molecule has 2 N–H and O–H groups in total. The SMILES string of the molecule is CN(CC(=N)C(Br)C(=N)C#N)C(=O)OC(C)(C)C. The fourth-order valence-corrected chi connectivity index (χ4v) is 1.22. The maximum Gasteiger partial charge on any atom is 0.410 e. The molecule has 0 saturated heterocycles. The lowest BCUT2D eigenvalue weighted by molar-refractivity contribution is 0.0323. The van der Waals surface area contributed by atoms with Crippen LogP contribution in [0.5, 0.6) is 0 Å². The molecule has 0 aromatic carbocycles. The zero-order chi connectivity index (χ0) is 14.5. The van der Waals surface area contributed by atoms with Crippen molar-refractivity contribution in [2.45, 2.75) is 31.2 Å². The van der Waals surface area contributed by atoms with Gasteiger partial charge in [0.1, 0.15) is 22.2 Å². The summed E-state index contributed by atoms with van der Waals surface area (Å²) in [7, 11) is 1.50. The summed E-state index contributed by atoms with van der Waals surface area (Å²) in [4.78, 5) is 12.1. The maximum atomic E-state index is 11.6. The van der Waals surface area contributed by atoms with E-state index in [2.05, 4.69) is 15.9 Å². The van der Waals surface area contributed by atoms with E-state index in [0.717, 1.165) is 0 Å². The number of nitriles is 1. The van der Waals surface area contributed by atoms with Gasteiger partial charge in [0.2, 0.25) is 0 Å². The van der Waals surface area contributed by atoms with Gasteiger partial charge in [-0.2, -0.15) is 5.26 Å². The van der Waals surface area contributed by atoms with E-state index in [1.807, 2.05) is 0 Å². The van der Waals surface area contributed by atoms with E-state index in [1.54, 1.807) is 26.8 Å². The molecule has 0 aliphatic heterocycles. The van der Waals surface area contributed by atoms with Crippen molar-refractivity contribution in [3.05, 3.63) is 0 Å². The largest absolute Gasteiger partial charge is 0.444 e. The average molecular weight is 317 g/mol. The molecule has 1 amide bonds. The zero-order valence-corrected chi connectivity index (χ0v) is 12.5. The summed E-state index contributed by atoms with van der Waals surface area (Å²) in [6.07, 6.45) is -0.546. The normalized spacial score (nSPS) is 12.2. The van der Waals surface area contributed by atoms with Gasteiger partial charge in [0.25, 0.3) is 0 Å². The number of carbonyl (C=O) groups excluding carboxylic acids is 1. The molecule has 100 valence electrons. The van der Waals surface area contributed by atoms with Gasteiger partial charge in [0.15, 0.2) is 0 Å². The van der Waals surface area contributed by atoms with E-state index < -0.39 is 16.5 Å². The smallest absolute Gasteiger partial charge is 0.410 e. The van der Waals surface area contributed by atoms with E-state index in [-0.39, 0.29) is 18.0 Å². The zero-order valence-electron chi connectivity index (χ0n) is 10.9. The van der Waals surface area contributed by atoms with E-state index in [9.17, 15) is 4.79 Å². The Morgan fingerprint density at radius 3 is 2.39 bits per heavy atom. The van der Waals surface area contributed by atoms with Crippen molar-refractivity contribution in [1.29, 1.82) is 16.1 Å². The number of amides is 1. The molecule has 7 heteroatoms. The van der Waals surface area contributed by atoms with Crippen LogP contribution in [-0.2, 0) is 4.74 Å². The van der Waals surface area contributed by atoms with Crippen LogP contribution in [0.2, 0.25) is 0 Å². The Morgan fingerprint density at radius 1 is 1.50 bits per heavy atom. The summed E-state index contributed by atoms with van der Waals surface area (Å²) in [5.41, 5.74) is -0.812. The van der Waals surface area contributed by atoms with Crippen LogP contribution >= 0.6 is 15.9 Å². The monoisotopic (exact) mass is 316 g/mol. The molecule has 6 nitrogen and oxygen atoms in total. The highest BCUT2D eigenvalue weighted by Gasteiger charge is 2.23. The molecule has 0 spiro atoms. The molecule has 0 aliphatic rings. The predicted molar refractivity (Wildman–Crippen MR) is 72.6 cm³/mol. The third-order valence-electron chi connectivity index (χ3n) is 1.79. The van der Waals surface area contributed by atoms with Gasteiger partial charge < -0.3 is 15.0 Å². The standard InChI is InChI=1S/C11H17BrN4O2/c1-11(2,3)18-10(17)16(4)6-8(15)9(12)7(14)5-13/h9,14-15H,6H2,1-4H3. The van der Waals surface area contributed by atoms with Crippen molar-refractivity contribution in [1.82, 2.24) is 4.90 Å². The highest BCUT2D eigenvalue weighted by Crippen LogP contribution is 2.10. The van der Waals surface area contributed by atoms with Crippen LogP contribution in [0.1, 0.15) is 20.8 Å². The number of rotatable bonds is 4. The number of carbonyl (C=O) groups is 1. The van der Waals surface area contributed by atoms with E-state index >= 15 is 0 Å². The lowest BCUT2D eigenvalue weighted by atomic mass is 10.2. The van der Waals surface area contributed by atoms with E-state index in [0.29, 0.717) is 0 Å². The third kappa shape index (κ3) is 5.77. The second kappa shape index (κ2) is 6.50. The molecule has 0 aliphatic carbocycles. The van der Waals surface area contributed by atoms with Crippen LogP contribution in [0.15, 0.2) is 0 Å². The summed E-state index contributed by atoms with van der Waals surface area (Å²) in [5, 5.41) is 23.5. The van der Waals surface area contributed by atoms with Gasteiger partial charge in [0.05, 0.1) is 6.54 Å². The van der Waals surface area contributed by atoms with Crippen LogP contribution in [-0.4, -0.2) is 46.4 Å². The molecule has 0 bridgehead atoms. The Morgan fingerprint density at radius 2 is 2.00 bits per heavy atom. The minimum atomic E-state index is -0.771. The maximum absolute atomic E-state index is 11.6. The highest BCUT2D eigenvalue weighted by atomic mass is 79.9. The van der Waals surface area contributed by atoms with Gasteiger partial charge in [-0.1, -0.05) is 15.9 Å². The van der Waals surface area contributed by atoms with Gasteiger partial charge >= 0.3 is 6.09 Å². The minimum Gasteiger partial charge on any atom is -0.444 e. The van der Waals surface area contributed by atoms with Crippen LogP contribution in [0, 0.1) is 22.1 Å². The van der Waals surface area contributed by atoms with Gasteiger partial charge in [-0.25, -0.2) is 4.79 Å². The quantitative estimate of drug-likeness (QED) is 0.614. The van der Waals surface area contributed by atoms with Gasteiger partial charge in [-0.3, -0.25) is 5.41 Å². The van der Waals surface area contributed by atoms with Gasteiger partial charge in [-0.15, -0.1) is 0 Å². The second-order valence-electron chi connectivity index (χ2n) is 4.75. The number of alkyl halides is 1. The summed E-state index contributed by atoms with van der Waals surface area (Å²) >= 11 is 3.06. The van der Waals surface area contributed by atoms with Crippen molar-refractivity contribution in [2.75, 3.05) is 13.6 Å². The van der Waals surface area contributed by atoms with Crippen molar-refractivity contribution in [3.63, 3.8) is 0 Å². The average Bonchev–Trinajstić information content (AvgIpc) is 2.24. The number of halogens is 1. The van der Waals surface area contributed by atoms with Crippen LogP contribution < -0.4 is 0 Å². The Labute approximate surface area is 115 Å². The molecule has 0 heterocycles. The number of ether oxygens (including phenoxy) is 1. The van der Waals surface area contributed by atoms with Crippen LogP contribution in [0.4, 0.5) is 4.79 Å². The van der Waals surface area contributed by atoms with Crippen molar-refractivity contribution in [2.24, 2.45) is 0 Å². The summed E-state index contributed by atoms with van der Waals surface area (Å²) < 4.78 is 5.12. The first-order valence-corrected chi connectivity index (χ1v) is 6.14. The Balaban J connectivity index is 4.45. The number of nitrogens with zero attached hydrogens (tertiary/aromatic N) is 2. The number of nitrogens with one attached hydrogen (secondary N) is 2. The molecule has 0 aromatic heterocycles. The van der Waals surface area contributed by atoms with Crippen molar-refractivity contribution >= 4 is 33.4 Å². The summed E-state index contributed by atoms with van der Waals surface area (Å²) in [6.45, 7) is 5.25. The lowest BCUT2D eigenvalue weighted by Crippen LogP contribution is -2.40. The molecular weight excluding hydrogens is 300 g/mol. The Kier molecular flexibility index (Phi) is 5.98. The predicted octanol–water partition coefficient (Wildman–Crippen LogP) is 2.18. The molecule has 0 radical (unpaired) electrons. The van der Waals surface area contributed by atoms with E-state index in [1.165, 1.54) is 11.9 Å². The second-order valence-corrected chi connectivity index (χ2v) is 5.67. The highest BCUT2D eigenvalue weighted by molar-refractivity contribution is 9.10. The summed E-state index contributed by atoms with van der Waals surface area (Å²) in [6, 6.07) is 1.65. The lowest BCUT2D eigenvalue weighted by Gasteiger charge is -2.25. The Hall–Kier alpha value is -1.42. The number of hydrogen-bond acceptors (Lipinski definition) is 5. The fraction of sp³-hybridized carbons (Fsp3) is 0.636. The molecule has 0 aromatic rings. The van der Waals surface area contributed by atoms with Crippen molar-refractivity contribution < 1.29 is 9.53 Å². The molecule has 0 saturated carbocycles. The first-order valence-electron chi connectivity index (χ1n) is 5.22. The molecule has 0 fully saturated rings. The topological polar surface area (TPSA) is 101 Å². The molecular formula is C11H17BrN4O2. The van der Waals surface area contributed by atoms with Gasteiger partial charge in [-0.05, 0) is 20.8 Å².